The van der Waals surface area contributed by atoms with Gasteiger partial charge in [-0.2, -0.15) is 0 Å². The summed E-state index contributed by atoms with van der Waals surface area (Å²) in [6.45, 7) is 7.82. The molecule has 0 amide bonds. The van der Waals surface area contributed by atoms with E-state index in [0.717, 1.165) is 0 Å². The van der Waals surface area contributed by atoms with E-state index in [0.29, 0.717) is 11.3 Å². The summed E-state index contributed by atoms with van der Waals surface area (Å²) in [4.78, 5) is 0.576. The molecule has 0 saturated heterocycles. The highest BCUT2D eigenvalue weighted by Gasteiger charge is 2.13. The molecular weight excluding hydrogens is 146 g/mol. The molecular formula is C6H15NO2Si. The Balaban J connectivity index is 3.79. The van der Waals surface area contributed by atoms with E-state index in [2.05, 4.69) is 0 Å². The van der Waals surface area contributed by atoms with Crippen LogP contribution in [-0.4, -0.2) is 19.4 Å². The second-order valence-electron chi connectivity index (χ2n) is 3.08. The zero-order valence-corrected chi connectivity index (χ0v) is 8.05. The quantitative estimate of drug-likeness (QED) is 0.273. The SMILES string of the molecule is CC/C=[N+](\[O-])O[Si](C)(C)C. The summed E-state index contributed by atoms with van der Waals surface area (Å²) in [5, 5.41) is 10.7. The lowest BCUT2D eigenvalue weighted by Crippen LogP contribution is -2.29. The molecule has 0 N–H and O–H groups in total. The van der Waals surface area contributed by atoms with Crippen LogP contribution >= 0.6 is 0 Å². The summed E-state index contributed by atoms with van der Waals surface area (Å²) in [6, 6.07) is 0. The molecule has 0 spiro atoms. The maximum absolute atomic E-state index is 10.7. The number of rotatable bonds is 3. The Kier molecular flexibility index (Phi) is 3.42. The minimum atomic E-state index is -1.68. The fraction of sp³-hybridized carbons (Fsp3) is 0.833. The molecule has 0 aliphatic heterocycles. The molecule has 0 aromatic carbocycles. The van der Waals surface area contributed by atoms with Crippen molar-refractivity contribution < 1.29 is 9.43 Å². The van der Waals surface area contributed by atoms with E-state index >= 15 is 0 Å². The molecule has 10 heavy (non-hydrogen) atoms. The zero-order valence-electron chi connectivity index (χ0n) is 7.05. The Hall–Kier alpha value is -0.513. The molecule has 3 nitrogen and oxygen atoms in total. The van der Waals surface area contributed by atoms with Gasteiger partial charge in [-0.15, -0.1) is 0 Å². The molecule has 0 bridgehead atoms. The monoisotopic (exact) mass is 161 g/mol. The minimum Gasteiger partial charge on any atom is -0.444 e. The second kappa shape index (κ2) is 3.61. The van der Waals surface area contributed by atoms with Gasteiger partial charge < -0.3 is 4.53 Å². The van der Waals surface area contributed by atoms with Crippen molar-refractivity contribution in [2.75, 3.05) is 0 Å². The summed E-state index contributed by atoms with van der Waals surface area (Å²) < 4.78 is 5.04. The van der Waals surface area contributed by atoms with Crippen molar-refractivity contribution in [1.29, 1.82) is 0 Å². The van der Waals surface area contributed by atoms with E-state index in [-0.39, 0.29) is 0 Å². The minimum absolute atomic E-state index is 0.576. The Morgan fingerprint density at radius 3 is 2.30 bits per heavy atom. The van der Waals surface area contributed by atoms with Gasteiger partial charge in [0.1, 0.15) is 0 Å². The summed E-state index contributed by atoms with van der Waals surface area (Å²) in [7, 11) is -1.68. The molecule has 0 fully saturated rings. The average molecular weight is 161 g/mol. The van der Waals surface area contributed by atoms with Crippen LogP contribution in [0.5, 0.6) is 0 Å². The van der Waals surface area contributed by atoms with Crippen molar-refractivity contribution in [3.05, 3.63) is 5.21 Å². The highest BCUT2D eigenvalue weighted by Crippen LogP contribution is 2.01. The van der Waals surface area contributed by atoms with E-state index in [4.69, 9.17) is 4.53 Å². The van der Waals surface area contributed by atoms with E-state index in [1.54, 1.807) is 0 Å². The van der Waals surface area contributed by atoms with E-state index in [1.165, 1.54) is 6.21 Å². The summed E-state index contributed by atoms with van der Waals surface area (Å²) >= 11 is 0. The van der Waals surface area contributed by atoms with E-state index < -0.39 is 8.32 Å². The van der Waals surface area contributed by atoms with Crippen LogP contribution < -0.4 is 0 Å². The first-order chi connectivity index (χ1) is 4.45. The first kappa shape index (κ1) is 9.49. The Bertz CT molecular complexity index is 128. The second-order valence-corrected chi connectivity index (χ2v) is 7.49. The fourth-order valence-corrected chi connectivity index (χ4v) is 1.07. The smallest absolute Gasteiger partial charge is 0.209 e. The maximum Gasteiger partial charge on any atom is 0.209 e. The molecule has 0 aromatic rings. The van der Waals surface area contributed by atoms with Crippen LogP contribution in [0.25, 0.3) is 0 Å². The van der Waals surface area contributed by atoms with Crippen LogP contribution in [0.3, 0.4) is 0 Å². The molecule has 0 saturated carbocycles. The lowest BCUT2D eigenvalue weighted by molar-refractivity contribution is -0.701. The van der Waals surface area contributed by atoms with E-state index in [1.807, 2.05) is 26.6 Å². The van der Waals surface area contributed by atoms with Crippen molar-refractivity contribution in [2.45, 2.75) is 33.0 Å². The molecule has 0 aliphatic carbocycles. The Morgan fingerprint density at radius 2 is 2.00 bits per heavy atom. The molecule has 4 heteroatoms. The third-order valence-corrected chi connectivity index (χ3v) is 1.42. The van der Waals surface area contributed by atoms with Crippen LogP contribution in [0.1, 0.15) is 13.3 Å². The first-order valence-corrected chi connectivity index (χ1v) is 6.85. The number of nitrogens with zero attached hydrogens (tertiary/aromatic N) is 1. The number of hydrogen-bond donors (Lipinski definition) is 0. The average Bonchev–Trinajstić information content (AvgIpc) is 1.59. The molecule has 0 unspecified atom stereocenters. The van der Waals surface area contributed by atoms with Crippen molar-refractivity contribution in [1.82, 2.24) is 0 Å². The summed E-state index contributed by atoms with van der Waals surface area (Å²) in [5.41, 5.74) is 0. The van der Waals surface area contributed by atoms with Crippen molar-refractivity contribution in [2.24, 2.45) is 0 Å². The van der Waals surface area contributed by atoms with Crippen LogP contribution in [0.4, 0.5) is 0 Å². The van der Waals surface area contributed by atoms with Crippen molar-refractivity contribution in [3.8, 4) is 0 Å². The molecule has 0 radical (unpaired) electrons. The van der Waals surface area contributed by atoms with Crippen LogP contribution in [-0.2, 0) is 4.53 Å². The van der Waals surface area contributed by atoms with Crippen molar-refractivity contribution >= 4 is 14.5 Å². The van der Waals surface area contributed by atoms with Gasteiger partial charge in [-0.3, -0.25) is 5.21 Å². The van der Waals surface area contributed by atoms with Gasteiger partial charge in [-0.1, -0.05) is 26.6 Å². The summed E-state index contributed by atoms with van der Waals surface area (Å²) in [6.07, 6.45) is 2.20. The predicted molar refractivity (Wildman–Crippen MR) is 44.4 cm³/mol. The van der Waals surface area contributed by atoms with Gasteiger partial charge in [0.15, 0.2) is 8.32 Å². The van der Waals surface area contributed by atoms with Gasteiger partial charge in [-0.25, -0.2) is 0 Å². The van der Waals surface area contributed by atoms with Gasteiger partial charge in [0.25, 0.3) is 0 Å². The van der Waals surface area contributed by atoms with Crippen LogP contribution in [0.2, 0.25) is 19.6 Å². The van der Waals surface area contributed by atoms with Crippen molar-refractivity contribution in [3.63, 3.8) is 0 Å². The maximum atomic E-state index is 10.7. The number of hydrogen-bond acceptors (Lipinski definition) is 2. The highest BCUT2D eigenvalue weighted by atomic mass is 28.4. The predicted octanol–water partition coefficient (Wildman–Crippen LogP) is 1.74. The van der Waals surface area contributed by atoms with Gasteiger partial charge in [0.05, 0.1) is 0 Å². The lowest BCUT2D eigenvalue weighted by atomic mass is 10.6. The van der Waals surface area contributed by atoms with Gasteiger partial charge >= 0.3 is 0 Å². The Morgan fingerprint density at radius 1 is 1.50 bits per heavy atom. The van der Waals surface area contributed by atoms with Gasteiger partial charge in [0.2, 0.25) is 6.21 Å². The van der Waals surface area contributed by atoms with Crippen LogP contribution in [0.15, 0.2) is 0 Å². The first-order valence-electron chi connectivity index (χ1n) is 3.44. The topological polar surface area (TPSA) is 35.3 Å². The summed E-state index contributed by atoms with van der Waals surface area (Å²) in [5.74, 6) is 0. The Labute approximate surface area is 63.0 Å². The lowest BCUT2D eigenvalue weighted by Gasteiger charge is -2.18. The highest BCUT2D eigenvalue weighted by molar-refractivity contribution is 6.69. The van der Waals surface area contributed by atoms with E-state index in [9.17, 15) is 5.21 Å². The zero-order chi connectivity index (χ0) is 8.20. The molecule has 0 aliphatic rings. The third kappa shape index (κ3) is 5.62. The molecule has 60 valence electrons. The normalized spacial score (nSPS) is 13.4. The fourth-order valence-electron chi connectivity index (χ4n) is 0.456. The third-order valence-electron chi connectivity index (χ3n) is 0.695. The van der Waals surface area contributed by atoms with Crippen LogP contribution in [0, 0.1) is 5.21 Å². The largest absolute Gasteiger partial charge is 0.444 e. The molecule has 0 aromatic heterocycles. The standard InChI is InChI=1S/C6H15NO2Si/c1-5-6-7(8)9-10(2,3)4/h6H,5H2,1-4H3/b7-6+. The molecule has 0 atom stereocenters. The van der Waals surface area contributed by atoms with Gasteiger partial charge in [-0.05, 0) is 0 Å². The molecule has 0 rings (SSSR count). The molecule has 0 heterocycles. The van der Waals surface area contributed by atoms with Gasteiger partial charge in [0, 0.05) is 11.3 Å².